The van der Waals surface area contributed by atoms with Gasteiger partial charge < -0.3 is 10.4 Å². The summed E-state index contributed by atoms with van der Waals surface area (Å²) < 4.78 is 0. The van der Waals surface area contributed by atoms with E-state index in [1.807, 2.05) is 32.0 Å². The summed E-state index contributed by atoms with van der Waals surface area (Å²) in [5.41, 5.74) is 2.88. The van der Waals surface area contributed by atoms with Gasteiger partial charge in [0, 0.05) is 12.2 Å². The van der Waals surface area contributed by atoms with Crippen LogP contribution < -0.4 is 5.32 Å². The lowest BCUT2D eigenvalue weighted by molar-refractivity contribution is -0.137. The number of carbonyl (C=O) groups is 2. The van der Waals surface area contributed by atoms with Crippen molar-refractivity contribution in [2.24, 2.45) is 0 Å². The Morgan fingerprint density at radius 3 is 2.52 bits per heavy atom. The number of nitrogens with zero attached hydrogens (tertiary/aromatic N) is 1. The lowest BCUT2D eigenvalue weighted by Gasteiger charge is -2.23. The number of likely N-dealkylation sites (N-methyl/N-ethyl adjacent to an activating group) is 1. The minimum absolute atomic E-state index is 0. The van der Waals surface area contributed by atoms with Gasteiger partial charge in [0.2, 0.25) is 5.91 Å². The van der Waals surface area contributed by atoms with Gasteiger partial charge in [-0.15, -0.1) is 12.4 Å². The smallest absolute Gasteiger partial charge is 0.304 e. The third kappa shape index (κ3) is 6.14. The van der Waals surface area contributed by atoms with Crippen LogP contribution >= 0.6 is 12.4 Å². The molecule has 0 radical (unpaired) electrons. The summed E-state index contributed by atoms with van der Waals surface area (Å²) in [6.07, 6.45) is 0.0254. The molecule has 1 atom stereocenters. The van der Waals surface area contributed by atoms with Crippen LogP contribution in [0.5, 0.6) is 0 Å². The molecule has 1 aromatic carbocycles. The Morgan fingerprint density at radius 2 is 1.95 bits per heavy atom. The second-order valence-electron chi connectivity index (χ2n) is 5.11. The molecule has 1 aromatic rings. The number of hydrogen-bond acceptors (Lipinski definition) is 3. The SMILES string of the molecule is Cc1ccc(C)c(NC(=O)C(C)N(C)CCC(=O)O)c1.Cl. The van der Waals surface area contributed by atoms with Crippen LogP contribution in [0.2, 0.25) is 0 Å². The maximum atomic E-state index is 12.2. The zero-order chi connectivity index (χ0) is 15.3. The predicted octanol–water partition coefficient (Wildman–Crippen LogP) is 2.46. The van der Waals surface area contributed by atoms with E-state index in [2.05, 4.69) is 5.32 Å². The topological polar surface area (TPSA) is 69.6 Å². The van der Waals surface area contributed by atoms with E-state index in [-0.39, 0.29) is 30.8 Å². The highest BCUT2D eigenvalue weighted by Crippen LogP contribution is 2.17. The van der Waals surface area contributed by atoms with Gasteiger partial charge in [-0.25, -0.2) is 0 Å². The minimum atomic E-state index is -0.862. The summed E-state index contributed by atoms with van der Waals surface area (Å²) in [6, 6.07) is 5.50. The van der Waals surface area contributed by atoms with Crippen molar-refractivity contribution in [2.75, 3.05) is 18.9 Å². The molecule has 0 bridgehead atoms. The van der Waals surface area contributed by atoms with Gasteiger partial charge >= 0.3 is 5.97 Å². The Bertz CT molecular complexity index is 506. The van der Waals surface area contributed by atoms with Crippen LogP contribution in [0.1, 0.15) is 24.5 Å². The maximum absolute atomic E-state index is 12.2. The van der Waals surface area contributed by atoms with E-state index in [4.69, 9.17) is 5.11 Å². The van der Waals surface area contributed by atoms with Gasteiger partial charge in [-0.1, -0.05) is 12.1 Å². The van der Waals surface area contributed by atoms with Crippen LogP contribution in [0, 0.1) is 13.8 Å². The molecule has 0 aromatic heterocycles. The molecule has 0 spiro atoms. The van der Waals surface area contributed by atoms with E-state index < -0.39 is 5.97 Å². The number of aryl methyl sites for hydroxylation is 2. The van der Waals surface area contributed by atoms with Crippen LogP contribution in [-0.4, -0.2) is 41.5 Å². The van der Waals surface area contributed by atoms with Crippen LogP contribution in [0.4, 0.5) is 5.69 Å². The summed E-state index contributed by atoms with van der Waals surface area (Å²) in [4.78, 5) is 24.4. The molecule has 0 aliphatic heterocycles. The van der Waals surface area contributed by atoms with E-state index in [0.29, 0.717) is 6.54 Å². The minimum Gasteiger partial charge on any atom is -0.481 e. The van der Waals surface area contributed by atoms with Gasteiger partial charge in [0.05, 0.1) is 12.5 Å². The first-order valence-corrected chi connectivity index (χ1v) is 6.61. The quantitative estimate of drug-likeness (QED) is 0.846. The molecule has 5 nitrogen and oxygen atoms in total. The number of nitrogens with one attached hydrogen (secondary N) is 1. The number of benzene rings is 1. The fourth-order valence-electron chi connectivity index (χ4n) is 1.77. The standard InChI is InChI=1S/C15H22N2O3.ClH/c1-10-5-6-11(2)13(9-10)16-15(20)12(3)17(4)8-7-14(18)19;/h5-6,9,12H,7-8H2,1-4H3,(H,16,20)(H,18,19);1H. The van der Waals surface area contributed by atoms with Crippen LogP contribution in [0.25, 0.3) is 0 Å². The van der Waals surface area contributed by atoms with Crippen LogP contribution in [0.3, 0.4) is 0 Å². The highest BCUT2D eigenvalue weighted by atomic mass is 35.5. The Labute approximate surface area is 131 Å². The summed E-state index contributed by atoms with van der Waals surface area (Å²) >= 11 is 0. The Kier molecular flexibility index (Phi) is 7.99. The zero-order valence-corrected chi connectivity index (χ0v) is 13.7. The van der Waals surface area contributed by atoms with Crippen molar-refractivity contribution < 1.29 is 14.7 Å². The second-order valence-corrected chi connectivity index (χ2v) is 5.11. The molecule has 0 aliphatic carbocycles. The lowest BCUT2D eigenvalue weighted by Crippen LogP contribution is -2.40. The lowest BCUT2D eigenvalue weighted by atomic mass is 10.1. The number of aliphatic carboxylic acids is 1. The average molecular weight is 315 g/mol. The van der Waals surface area contributed by atoms with Crippen molar-refractivity contribution in [3.63, 3.8) is 0 Å². The molecule has 1 amide bonds. The molecule has 0 saturated carbocycles. The molecular weight excluding hydrogens is 292 g/mol. The Morgan fingerprint density at radius 1 is 1.33 bits per heavy atom. The number of hydrogen-bond donors (Lipinski definition) is 2. The van der Waals surface area contributed by atoms with Crippen molar-refractivity contribution >= 4 is 30.0 Å². The van der Waals surface area contributed by atoms with Crippen molar-refractivity contribution in [3.8, 4) is 0 Å². The zero-order valence-electron chi connectivity index (χ0n) is 12.8. The molecule has 6 heteroatoms. The molecule has 0 heterocycles. The predicted molar refractivity (Wildman–Crippen MR) is 86.1 cm³/mol. The molecule has 1 unspecified atom stereocenters. The largest absolute Gasteiger partial charge is 0.481 e. The number of carbonyl (C=O) groups excluding carboxylic acids is 1. The molecule has 2 N–H and O–H groups in total. The van der Waals surface area contributed by atoms with Gasteiger partial charge in [-0.3, -0.25) is 14.5 Å². The summed E-state index contributed by atoms with van der Waals surface area (Å²) in [7, 11) is 1.75. The Hall–Kier alpha value is -1.59. The van der Waals surface area contributed by atoms with E-state index >= 15 is 0 Å². The van der Waals surface area contributed by atoms with Crippen molar-refractivity contribution in [1.82, 2.24) is 4.90 Å². The van der Waals surface area contributed by atoms with E-state index in [0.717, 1.165) is 16.8 Å². The van der Waals surface area contributed by atoms with E-state index in [1.165, 1.54) is 0 Å². The number of carboxylic acids is 1. The van der Waals surface area contributed by atoms with Gasteiger partial charge in [-0.05, 0) is 45.0 Å². The molecule has 0 aliphatic rings. The van der Waals surface area contributed by atoms with Gasteiger partial charge in [0.1, 0.15) is 0 Å². The first-order chi connectivity index (χ1) is 9.31. The molecule has 118 valence electrons. The molecule has 1 rings (SSSR count). The first kappa shape index (κ1) is 19.4. The normalized spacial score (nSPS) is 11.7. The Balaban J connectivity index is 0.00000400. The fourth-order valence-corrected chi connectivity index (χ4v) is 1.77. The monoisotopic (exact) mass is 314 g/mol. The summed E-state index contributed by atoms with van der Waals surface area (Å²) in [6.45, 7) is 6.02. The highest BCUT2D eigenvalue weighted by molar-refractivity contribution is 5.95. The summed E-state index contributed by atoms with van der Waals surface area (Å²) in [5.74, 6) is -0.995. The number of rotatable bonds is 6. The number of amides is 1. The van der Waals surface area contributed by atoms with E-state index in [1.54, 1.807) is 18.9 Å². The van der Waals surface area contributed by atoms with Crippen molar-refractivity contribution in [2.45, 2.75) is 33.2 Å². The second kappa shape index (κ2) is 8.64. The van der Waals surface area contributed by atoms with Crippen LogP contribution in [0.15, 0.2) is 18.2 Å². The van der Waals surface area contributed by atoms with Gasteiger partial charge in [0.15, 0.2) is 0 Å². The fraction of sp³-hybridized carbons (Fsp3) is 0.467. The third-order valence-electron chi connectivity index (χ3n) is 3.37. The summed E-state index contributed by atoms with van der Waals surface area (Å²) in [5, 5.41) is 11.5. The van der Waals surface area contributed by atoms with Crippen LogP contribution in [-0.2, 0) is 9.59 Å². The average Bonchev–Trinajstić information content (AvgIpc) is 2.39. The maximum Gasteiger partial charge on any atom is 0.304 e. The third-order valence-corrected chi connectivity index (χ3v) is 3.37. The first-order valence-electron chi connectivity index (χ1n) is 6.61. The number of halogens is 1. The van der Waals surface area contributed by atoms with Crippen molar-refractivity contribution in [1.29, 1.82) is 0 Å². The number of carboxylic acid groups (broad SMARTS) is 1. The van der Waals surface area contributed by atoms with Crippen molar-refractivity contribution in [3.05, 3.63) is 29.3 Å². The molecular formula is C15H23ClN2O3. The molecule has 0 saturated heterocycles. The van der Waals surface area contributed by atoms with Gasteiger partial charge in [0.25, 0.3) is 0 Å². The molecule has 0 fully saturated rings. The molecule has 21 heavy (non-hydrogen) atoms. The highest BCUT2D eigenvalue weighted by Gasteiger charge is 2.19. The van der Waals surface area contributed by atoms with Gasteiger partial charge in [-0.2, -0.15) is 0 Å². The number of anilines is 1. The van der Waals surface area contributed by atoms with E-state index in [9.17, 15) is 9.59 Å².